The van der Waals surface area contributed by atoms with Crippen molar-refractivity contribution in [2.75, 3.05) is 5.32 Å². The number of fused-ring (bicyclic) bond motifs is 1. The number of aromatic nitrogens is 1. The normalized spacial score (nSPS) is 11.8. The number of ether oxygens (including phenoxy) is 1. The number of carbonyl (C=O) groups is 1. The van der Waals surface area contributed by atoms with Gasteiger partial charge in [0.1, 0.15) is 10.8 Å². The lowest BCUT2D eigenvalue weighted by Gasteiger charge is -2.17. The zero-order valence-electron chi connectivity index (χ0n) is 17.7. The average molecular weight is 516 g/mol. The Balaban J connectivity index is 1.43. The van der Waals surface area contributed by atoms with E-state index in [-0.39, 0.29) is 5.11 Å². The first kappa shape index (κ1) is 23.4. The van der Waals surface area contributed by atoms with E-state index in [1.165, 1.54) is 0 Å². The van der Waals surface area contributed by atoms with Gasteiger partial charge in [0.25, 0.3) is 5.91 Å². The molecule has 1 amide bonds. The highest BCUT2D eigenvalue weighted by molar-refractivity contribution is 7.80. The Bertz CT molecular complexity index is 1320. The number of nitrogens with zero attached hydrogens (tertiary/aromatic N) is 1. The Morgan fingerprint density at radius 1 is 1.12 bits per heavy atom. The molecular weight excluding hydrogens is 497 g/mol. The number of anilines is 1. The number of thiazole rings is 1. The SMILES string of the molecule is Cc1ccc(-c2nc3ccccc3s2)cc1NC(=S)NC(=O)C(C)Oc1ccc(Cl)cc1Cl. The van der Waals surface area contributed by atoms with Crippen LogP contribution in [0.15, 0.2) is 60.7 Å². The number of thiocarbonyl (C=S) groups is 1. The molecule has 9 heteroatoms. The summed E-state index contributed by atoms with van der Waals surface area (Å²) in [5.41, 5.74) is 3.69. The molecule has 1 heterocycles. The average Bonchev–Trinajstić information content (AvgIpc) is 3.21. The number of nitrogens with one attached hydrogen (secondary N) is 2. The summed E-state index contributed by atoms with van der Waals surface area (Å²) in [6.45, 7) is 3.57. The highest BCUT2D eigenvalue weighted by Gasteiger charge is 2.18. The van der Waals surface area contributed by atoms with E-state index in [1.807, 2.05) is 43.3 Å². The van der Waals surface area contributed by atoms with Gasteiger partial charge in [-0.25, -0.2) is 4.98 Å². The molecule has 0 aliphatic carbocycles. The molecule has 168 valence electrons. The molecule has 0 saturated heterocycles. The number of carbonyl (C=O) groups excluding carboxylic acids is 1. The standard InChI is InChI=1S/C24H19Cl2N3O2S2/c1-13-7-8-15(23-27-18-5-3-4-6-21(18)33-23)11-19(13)28-24(32)29-22(30)14(2)31-20-10-9-16(25)12-17(20)26/h3-12,14H,1-2H3,(H2,28,29,30,32). The maximum atomic E-state index is 12.6. The molecule has 4 rings (SSSR count). The van der Waals surface area contributed by atoms with Gasteiger partial charge in [-0.05, 0) is 68.0 Å². The number of benzene rings is 3. The summed E-state index contributed by atoms with van der Waals surface area (Å²) in [4.78, 5) is 17.3. The maximum Gasteiger partial charge on any atom is 0.266 e. The lowest BCUT2D eigenvalue weighted by atomic mass is 10.1. The minimum absolute atomic E-state index is 0.169. The fourth-order valence-electron chi connectivity index (χ4n) is 3.07. The van der Waals surface area contributed by atoms with Crippen molar-refractivity contribution in [3.05, 3.63) is 76.3 Å². The fraction of sp³-hybridized carbons (Fsp3) is 0.125. The van der Waals surface area contributed by atoms with Crippen LogP contribution in [0.5, 0.6) is 5.75 Å². The molecule has 3 aromatic carbocycles. The molecule has 5 nitrogen and oxygen atoms in total. The number of para-hydroxylation sites is 1. The third-order valence-electron chi connectivity index (χ3n) is 4.83. The summed E-state index contributed by atoms with van der Waals surface area (Å²) in [5.74, 6) is -0.0412. The molecular formula is C24H19Cl2N3O2S2. The highest BCUT2D eigenvalue weighted by Crippen LogP contribution is 2.32. The van der Waals surface area contributed by atoms with Crippen molar-refractivity contribution in [1.82, 2.24) is 10.3 Å². The lowest BCUT2D eigenvalue weighted by Crippen LogP contribution is -2.42. The molecule has 0 fully saturated rings. The lowest BCUT2D eigenvalue weighted by molar-refractivity contribution is -0.125. The third kappa shape index (κ3) is 5.62. The largest absolute Gasteiger partial charge is 0.479 e. The van der Waals surface area contributed by atoms with E-state index < -0.39 is 12.0 Å². The van der Waals surface area contributed by atoms with Crippen molar-refractivity contribution < 1.29 is 9.53 Å². The van der Waals surface area contributed by atoms with Crippen LogP contribution < -0.4 is 15.4 Å². The zero-order chi connectivity index (χ0) is 23.5. The van der Waals surface area contributed by atoms with E-state index >= 15 is 0 Å². The Hall–Kier alpha value is -2.71. The van der Waals surface area contributed by atoms with Crippen molar-refractivity contribution in [2.24, 2.45) is 0 Å². The Morgan fingerprint density at radius 3 is 2.67 bits per heavy atom. The van der Waals surface area contributed by atoms with Crippen molar-refractivity contribution in [1.29, 1.82) is 0 Å². The van der Waals surface area contributed by atoms with Gasteiger partial charge >= 0.3 is 0 Å². The topological polar surface area (TPSA) is 63.2 Å². The van der Waals surface area contributed by atoms with Gasteiger partial charge in [0.15, 0.2) is 11.2 Å². The zero-order valence-corrected chi connectivity index (χ0v) is 20.8. The first-order valence-electron chi connectivity index (χ1n) is 10.0. The van der Waals surface area contributed by atoms with Crippen LogP contribution >= 0.6 is 46.8 Å². The minimum Gasteiger partial charge on any atom is -0.479 e. The Morgan fingerprint density at radius 2 is 1.91 bits per heavy atom. The van der Waals surface area contributed by atoms with Gasteiger partial charge in [0.05, 0.1) is 15.2 Å². The molecule has 2 N–H and O–H groups in total. The molecule has 0 radical (unpaired) electrons. The van der Waals surface area contributed by atoms with E-state index in [0.717, 1.165) is 32.0 Å². The van der Waals surface area contributed by atoms with Crippen LogP contribution in [0.1, 0.15) is 12.5 Å². The number of amides is 1. The molecule has 0 aliphatic heterocycles. The van der Waals surface area contributed by atoms with Gasteiger partial charge in [0, 0.05) is 16.3 Å². The summed E-state index contributed by atoms with van der Waals surface area (Å²) < 4.78 is 6.77. The predicted molar refractivity (Wildman–Crippen MR) is 141 cm³/mol. The van der Waals surface area contributed by atoms with Crippen molar-refractivity contribution >= 4 is 73.7 Å². The molecule has 4 aromatic rings. The van der Waals surface area contributed by atoms with Crippen LogP contribution in [0.2, 0.25) is 10.0 Å². The fourth-order valence-corrected chi connectivity index (χ4v) is 4.69. The number of hydrogen-bond acceptors (Lipinski definition) is 5. The second-order valence-electron chi connectivity index (χ2n) is 7.29. The summed E-state index contributed by atoms with van der Waals surface area (Å²) in [7, 11) is 0. The van der Waals surface area contributed by atoms with Crippen LogP contribution in [0, 0.1) is 6.92 Å². The van der Waals surface area contributed by atoms with Crippen molar-refractivity contribution in [3.8, 4) is 16.3 Å². The van der Waals surface area contributed by atoms with Gasteiger partial charge < -0.3 is 10.1 Å². The summed E-state index contributed by atoms with van der Waals surface area (Å²) >= 11 is 19.0. The molecule has 0 saturated carbocycles. The minimum atomic E-state index is -0.821. The van der Waals surface area contributed by atoms with Crippen LogP contribution in [0.3, 0.4) is 0 Å². The second kappa shape index (κ2) is 10.1. The summed E-state index contributed by atoms with van der Waals surface area (Å²) in [6.07, 6.45) is -0.821. The molecule has 0 aliphatic rings. The predicted octanol–water partition coefficient (Wildman–Crippen LogP) is 6.86. The van der Waals surface area contributed by atoms with E-state index in [2.05, 4.69) is 16.7 Å². The number of hydrogen-bond donors (Lipinski definition) is 2. The quantitative estimate of drug-likeness (QED) is 0.284. The first-order chi connectivity index (χ1) is 15.8. The number of aryl methyl sites for hydroxylation is 1. The van der Waals surface area contributed by atoms with Gasteiger partial charge in [-0.15, -0.1) is 11.3 Å². The summed E-state index contributed by atoms with van der Waals surface area (Å²) in [6, 6.07) is 18.8. The van der Waals surface area contributed by atoms with Gasteiger partial charge in [-0.1, -0.05) is 47.5 Å². The second-order valence-corrected chi connectivity index (χ2v) is 9.58. The monoisotopic (exact) mass is 515 g/mol. The van der Waals surface area contributed by atoms with Crippen LogP contribution in [-0.2, 0) is 4.79 Å². The van der Waals surface area contributed by atoms with Gasteiger partial charge in [-0.3, -0.25) is 10.1 Å². The van der Waals surface area contributed by atoms with Crippen LogP contribution in [0.4, 0.5) is 5.69 Å². The Kier molecular flexibility index (Phi) is 7.14. The van der Waals surface area contributed by atoms with E-state index in [1.54, 1.807) is 36.5 Å². The number of halogens is 2. The van der Waals surface area contributed by atoms with Gasteiger partial charge in [0.2, 0.25) is 0 Å². The van der Waals surface area contributed by atoms with E-state index in [0.29, 0.717) is 15.8 Å². The van der Waals surface area contributed by atoms with E-state index in [4.69, 9.17) is 45.1 Å². The first-order valence-corrected chi connectivity index (χ1v) is 12.0. The smallest absolute Gasteiger partial charge is 0.266 e. The molecule has 0 spiro atoms. The van der Waals surface area contributed by atoms with Crippen molar-refractivity contribution in [2.45, 2.75) is 20.0 Å². The molecule has 1 atom stereocenters. The van der Waals surface area contributed by atoms with Crippen LogP contribution in [-0.4, -0.2) is 22.1 Å². The molecule has 33 heavy (non-hydrogen) atoms. The van der Waals surface area contributed by atoms with Gasteiger partial charge in [-0.2, -0.15) is 0 Å². The van der Waals surface area contributed by atoms with Crippen LogP contribution in [0.25, 0.3) is 20.8 Å². The molecule has 0 bridgehead atoms. The summed E-state index contributed by atoms with van der Waals surface area (Å²) in [5, 5.41) is 7.65. The maximum absolute atomic E-state index is 12.6. The molecule has 1 unspecified atom stereocenters. The third-order valence-corrected chi connectivity index (χ3v) is 6.65. The number of rotatable bonds is 5. The van der Waals surface area contributed by atoms with Crippen molar-refractivity contribution in [3.63, 3.8) is 0 Å². The van der Waals surface area contributed by atoms with E-state index in [9.17, 15) is 4.79 Å². The Labute approximate surface area is 210 Å². The highest BCUT2D eigenvalue weighted by atomic mass is 35.5. The molecule has 1 aromatic heterocycles.